The maximum atomic E-state index is 12.4. The lowest BCUT2D eigenvalue weighted by molar-refractivity contribution is -0.131. The molecule has 0 spiro atoms. The van der Waals surface area contributed by atoms with Crippen LogP contribution in [0.25, 0.3) is 0 Å². The Morgan fingerprint density at radius 2 is 2.17 bits per heavy atom. The average Bonchev–Trinajstić information content (AvgIpc) is 3.38. The van der Waals surface area contributed by atoms with Crippen molar-refractivity contribution in [2.24, 2.45) is 0 Å². The molecule has 0 radical (unpaired) electrons. The number of nitrogens with zero attached hydrogens (tertiary/aromatic N) is 5. The van der Waals surface area contributed by atoms with Crippen LogP contribution in [0, 0.1) is 0 Å². The zero-order chi connectivity index (χ0) is 15.6. The number of pyridine rings is 1. The second-order valence-electron chi connectivity index (χ2n) is 6.38. The molecule has 1 amide bonds. The third-order valence-electron chi connectivity index (χ3n) is 4.60. The van der Waals surface area contributed by atoms with E-state index < -0.39 is 0 Å². The van der Waals surface area contributed by atoms with Crippen LogP contribution in [0.5, 0.6) is 0 Å². The molecule has 2 aliphatic rings. The van der Waals surface area contributed by atoms with Crippen molar-refractivity contribution in [3.63, 3.8) is 0 Å². The summed E-state index contributed by atoms with van der Waals surface area (Å²) in [5, 5.41) is 4.62. The van der Waals surface area contributed by atoms with E-state index in [-0.39, 0.29) is 5.91 Å². The lowest BCUT2D eigenvalue weighted by atomic mass is 10.1. The zero-order valence-corrected chi connectivity index (χ0v) is 13.2. The fraction of sp³-hybridized carbons (Fsp3) is 0.529. The molecule has 1 saturated carbocycles. The largest absolute Gasteiger partial charge is 0.340 e. The van der Waals surface area contributed by atoms with Crippen LogP contribution in [0.2, 0.25) is 0 Å². The number of hydrogen-bond acceptors (Lipinski definition) is 4. The summed E-state index contributed by atoms with van der Waals surface area (Å²) in [6.07, 6.45) is 8.12. The Morgan fingerprint density at radius 1 is 1.26 bits per heavy atom. The fourth-order valence-electron chi connectivity index (χ4n) is 3.04. The standard InChI is InChI=1S/C17H21N5O/c23-16(6-3-13-2-1-8-18-12-13)21-9-7-15-19-17(14-4-5-14)20-22(15)11-10-21/h1-2,8,12,14H,3-7,9-11H2. The summed E-state index contributed by atoms with van der Waals surface area (Å²) in [4.78, 5) is 23.1. The van der Waals surface area contributed by atoms with Crippen molar-refractivity contribution in [2.45, 2.75) is 44.6 Å². The number of aryl methyl sites for hydroxylation is 1. The van der Waals surface area contributed by atoms with E-state index in [1.54, 1.807) is 6.20 Å². The number of hydrogen-bond donors (Lipinski definition) is 0. The minimum Gasteiger partial charge on any atom is -0.340 e. The normalized spacial score (nSPS) is 17.7. The summed E-state index contributed by atoms with van der Waals surface area (Å²) >= 11 is 0. The first-order valence-electron chi connectivity index (χ1n) is 8.40. The van der Waals surface area contributed by atoms with Crippen molar-refractivity contribution in [1.29, 1.82) is 0 Å². The number of carbonyl (C=O) groups excluding carboxylic acids is 1. The third kappa shape index (κ3) is 3.25. The van der Waals surface area contributed by atoms with Crippen LogP contribution < -0.4 is 0 Å². The minimum absolute atomic E-state index is 0.210. The van der Waals surface area contributed by atoms with Crippen LogP contribution in [-0.4, -0.2) is 43.6 Å². The Bertz CT molecular complexity index is 667. The van der Waals surface area contributed by atoms with Crippen LogP contribution in [0.15, 0.2) is 24.5 Å². The molecule has 0 unspecified atom stereocenters. The summed E-state index contributed by atoms with van der Waals surface area (Å²) in [5.41, 5.74) is 1.11. The van der Waals surface area contributed by atoms with E-state index in [0.717, 1.165) is 49.7 Å². The van der Waals surface area contributed by atoms with Crippen LogP contribution in [0.1, 0.15) is 42.4 Å². The van der Waals surface area contributed by atoms with Gasteiger partial charge in [0.1, 0.15) is 5.82 Å². The first-order valence-corrected chi connectivity index (χ1v) is 8.40. The van der Waals surface area contributed by atoms with Gasteiger partial charge in [0.15, 0.2) is 5.82 Å². The summed E-state index contributed by atoms with van der Waals surface area (Å²) in [6, 6.07) is 3.93. The highest BCUT2D eigenvalue weighted by Gasteiger charge is 2.30. The highest BCUT2D eigenvalue weighted by molar-refractivity contribution is 5.76. The minimum atomic E-state index is 0.210. The van der Waals surface area contributed by atoms with E-state index in [4.69, 9.17) is 0 Å². The molecule has 120 valence electrons. The molecule has 0 bridgehead atoms. The number of rotatable bonds is 4. The molecule has 3 heterocycles. The van der Waals surface area contributed by atoms with Gasteiger partial charge in [-0.25, -0.2) is 9.67 Å². The maximum absolute atomic E-state index is 12.4. The Balaban J connectivity index is 1.34. The van der Waals surface area contributed by atoms with Gasteiger partial charge in [-0.3, -0.25) is 9.78 Å². The number of aromatic nitrogens is 4. The van der Waals surface area contributed by atoms with Crippen molar-refractivity contribution in [3.05, 3.63) is 41.7 Å². The van der Waals surface area contributed by atoms with Crippen molar-refractivity contribution in [3.8, 4) is 0 Å². The highest BCUT2D eigenvalue weighted by Crippen LogP contribution is 2.38. The number of amides is 1. The van der Waals surface area contributed by atoms with Crippen molar-refractivity contribution >= 4 is 5.91 Å². The molecule has 0 saturated heterocycles. The molecule has 1 aliphatic carbocycles. The Hall–Kier alpha value is -2.24. The van der Waals surface area contributed by atoms with E-state index in [2.05, 4.69) is 15.1 Å². The second kappa shape index (κ2) is 6.10. The molecular formula is C17H21N5O. The number of fused-ring (bicyclic) bond motifs is 1. The summed E-state index contributed by atoms with van der Waals surface area (Å²) in [7, 11) is 0. The van der Waals surface area contributed by atoms with Gasteiger partial charge >= 0.3 is 0 Å². The van der Waals surface area contributed by atoms with Crippen LogP contribution in [0.3, 0.4) is 0 Å². The van der Waals surface area contributed by atoms with E-state index in [0.29, 0.717) is 12.3 Å². The zero-order valence-electron chi connectivity index (χ0n) is 13.2. The smallest absolute Gasteiger partial charge is 0.222 e. The SMILES string of the molecule is O=C(CCc1cccnc1)N1CCc2nc(C3CC3)nn2CC1. The van der Waals surface area contributed by atoms with Crippen molar-refractivity contribution in [2.75, 3.05) is 13.1 Å². The molecule has 2 aromatic rings. The van der Waals surface area contributed by atoms with Crippen LogP contribution in [0.4, 0.5) is 0 Å². The maximum Gasteiger partial charge on any atom is 0.222 e. The van der Waals surface area contributed by atoms with Gasteiger partial charge in [0.05, 0.1) is 6.54 Å². The van der Waals surface area contributed by atoms with Gasteiger partial charge in [-0.2, -0.15) is 5.10 Å². The molecule has 1 aliphatic heterocycles. The van der Waals surface area contributed by atoms with Gasteiger partial charge < -0.3 is 4.90 Å². The summed E-state index contributed by atoms with van der Waals surface area (Å²) in [5.74, 6) is 2.85. The van der Waals surface area contributed by atoms with E-state index in [1.165, 1.54) is 12.8 Å². The molecule has 6 nitrogen and oxygen atoms in total. The molecule has 0 atom stereocenters. The molecule has 0 N–H and O–H groups in total. The van der Waals surface area contributed by atoms with Crippen LogP contribution >= 0.6 is 0 Å². The van der Waals surface area contributed by atoms with Crippen molar-refractivity contribution < 1.29 is 4.79 Å². The predicted octanol–water partition coefficient (Wildman–Crippen LogP) is 1.57. The molecular weight excluding hydrogens is 290 g/mol. The molecule has 2 aromatic heterocycles. The predicted molar refractivity (Wildman–Crippen MR) is 84.8 cm³/mol. The lowest BCUT2D eigenvalue weighted by Crippen LogP contribution is -2.33. The fourth-order valence-corrected chi connectivity index (χ4v) is 3.04. The quantitative estimate of drug-likeness (QED) is 0.860. The summed E-state index contributed by atoms with van der Waals surface area (Å²) < 4.78 is 2.00. The molecule has 23 heavy (non-hydrogen) atoms. The van der Waals surface area contributed by atoms with Crippen molar-refractivity contribution in [1.82, 2.24) is 24.6 Å². The van der Waals surface area contributed by atoms with Crippen LogP contribution in [-0.2, 0) is 24.2 Å². The van der Waals surface area contributed by atoms with Gasteiger partial charge in [0, 0.05) is 44.2 Å². The Kier molecular flexibility index (Phi) is 3.81. The lowest BCUT2D eigenvalue weighted by Gasteiger charge is -2.19. The second-order valence-corrected chi connectivity index (χ2v) is 6.38. The molecule has 0 aromatic carbocycles. The first-order chi connectivity index (χ1) is 11.3. The van der Waals surface area contributed by atoms with E-state index in [1.807, 2.05) is 27.9 Å². The van der Waals surface area contributed by atoms with Gasteiger partial charge in [0.25, 0.3) is 0 Å². The molecule has 4 rings (SSSR count). The first kappa shape index (κ1) is 14.4. The van der Waals surface area contributed by atoms with Gasteiger partial charge in [0.2, 0.25) is 5.91 Å². The monoisotopic (exact) mass is 311 g/mol. The number of carbonyl (C=O) groups is 1. The topological polar surface area (TPSA) is 63.9 Å². The van der Waals surface area contributed by atoms with Gasteiger partial charge in [-0.05, 0) is 30.9 Å². The van der Waals surface area contributed by atoms with Gasteiger partial charge in [-0.15, -0.1) is 0 Å². The molecule has 1 fully saturated rings. The Labute approximate surface area is 135 Å². The summed E-state index contributed by atoms with van der Waals surface area (Å²) in [6.45, 7) is 2.23. The third-order valence-corrected chi connectivity index (χ3v) is 4.60. The van der Waals surface area contributed by atoms with E-state index >= 15 is 0 Å². The van der Waals surface area contributed by atoms with E-state index in [9.17, 15) is 4.79 Å². The highest BCUT2D eigenvalue weighted by atomic mass is 16.2. The van der Waals surface area contributed by atoms with Gasteiger partial charge in [-0.1, -0.05) is 6.07 Å². The molecule has 6 heteroatoms. The Morgan fingerprint density at radius 3 is 2.96 bits per heavy atom. The average molecular weight is 311 g/mol.